The molecule has 0 radical (unpaired) electrons. The molecule has 1 saturated carbocycles. The SMILES string of the molecule is C[C@@H]1CCC1Cl. The van der Waals surface area contributed by atoms with Crippen LogP contribution in [0, 0.1) is 5.92 Å². The molecule has 0 saturated heterocycles. The first kappa shape index (κ1) is 4.45. The van der Waals surface area contributed by atoms with E-state index in [0.29, 0.717) is 5.38 Å². The van der Waals surface area contributed by atoms with E-state index >= 15 is 0 Å². The lowest BCUT2D eigenvalue weighted by Gasteiger charge is -2.27. The average Bonchev–Trinajstić information content (AvgIpc) is 1.61. The summed E-state index contributed by atoms with van der Waals surface area (Å²) in [5.74, 6) is 0.798. The van der Waals surface area contributed by atoms with Crippen molar-refractivity contribution in [2.45, 2.75) is 25.1 Å². The molecule has 0 aliphatic heterocycles. The summed E-state index contributed by atoms with van der Waals surface area (Å²) in [5, 5.41) is 0.505. The molecule has 0 amide bonds. The van der Waals surface area contributed by atoms with Crippen LogP contribution in [0.25, 0.3) is 0 Å². The lowest BCUT2D eigenvalue weighted by atomic mass is 9.87. The Morgan fingerprint density at radius 2 is 2.00 bits per heavy atom. The Kier molecular flexibility index (Phi) is 1.05. The normalized spacial score (nSPS) is 45.0. The lowest BCUT2D eigenvalue weighted by molar-refractivity contribution is 0.356. The van der Waals surface area contributed by atoms with E-state index in [4.69, 9.17) is 11.6 Å². The highest BCUT2D eigenvalue weighted by atomic mass is 35.5. The van der Waals surface area contributed by atoms with Crippen LogP contribution < -0.4 is 0 Å². The highest BCUT2D eigenvalue weighted by Crippen LogP contribution is 2.30. The number of hydrogen-bond acceptors (Lipinski definition) is 0. The molecule has 1 aliphatic rings. The van der Waals surface area contributed by atoms with Crippen LogP contribution in [0.15, 0.2) is 0 Å². The number of rotatable bonds is 0. The molecule has 0 spiro atoms. The summed E-state index contributed by atoms with van der Waals surface area (Å²) in [6.45, 7) is 2.20. The van der Waals surface area contributed by atoms with Crippen LogP contribution in [0.2, 0.25) is 0 Å². The van der Waals surface area contributed by atoms with Crippen LogP contribution in [-0.2, 0) is 0 Å². The van der Waals surface area contributed by atoms with Crippen molar-refractivity contribution in [1.82, 2.24) is 0 Å². The zero-order valence-electron chi connectivity index (χ0n) is 3.95. The van der Waals surface area contributed by atoms with Gasteiger partial charge in [0.1, 0.15) is 0 Å². The van der Waals surface area contributed by atoms with Crippen molar-refractivity contribution in [3.05, 3.63) is 0 Å². The Balaban J connectivity index is 2.20. The molecule has 2 atom stereocenters. The Labute approximate surface area is 43.5 Å². The molecule has 0 N–H and O–H groups in total. The molecule has 6 heavy (non-hydrogen) atoms. The van der Waals surface area contributed by atoms with Gasteiger partial charge in [-0.3, -0.25) is 0 Å². The third kappa shape index (κ3) is 0.538. The minimum absolute atomic E-state index is 0.505. The number of alkyl halides is 1. The molecule has 0 aromatic rings. The van der Waals surface area contributed by atoms with Crippen molar-refractivity contribution in [1.29, 1.82) is 0 Å². The Morgan fingerprint density at radius 3 is 2.00 bits per heavy atom. The van der Waals surface area contributed by atoms with Gasteiger partial charge < -0.3 is 0 Å². The van der Waals surface area contributed by atoms with Crippen LogP contribution in [0.1, 0.15) is 19.8 Å². The van der Waals surface area contributed by atoms with Crippen LogP contribution in [0.4, 0.5) is 0 Å². The second-order valence-electron chi connectivity index (χ2n) is 2.07. The molecular weight excluding hydrogens is 95.5 g/mol. The molecule has 0 aromatic heterocycles. The first-order valence-electron chi connectivity index (χ1n) is 2.45. The van der Waals surface area contributed by atoms with Crippen molar-refractivity contribution in [3.8, 4) is 0 Å². The van der Waals surface area contributed by atoms with Gasteiger partial charge in [0, 0.05) is 5.38 Å². The van der Waals surface area contributed by atoms with E-state index in [9.17, 15) is 0 Å². The summed E-state index contributed by atoms with van der Waals surface area (Å²) in [4.78, 5) is 0. The third-order valence-electron chi connectivity index (χ3n) is 1.52. The van der Waals surface area contributed by atoms with Gasteiger partial charge in [0.15, 0.2) is 0 Å². The molecule has 0 aromatic carbocycles. The van der Waals surface area contributed by atoms with Gasteiger partial charge in [0.25, 0.3) is 0 Å². The Hall–Kier alpha value is 0.290. The largest absolute Gasteiger partial charge is 0.123 e. The first-order valence-corrected chi connectivity index (χ1v) is 2.88. The van der Waals surface area contributed by atoms with E-state index in [1.807, 2.05) is 0 Å². The molecule has 0 nitrogen and oxygen atoms in total. The van der Waals surface area contributed by atoms with Crippen LogP contribution >= 0.6 is 11.6 Å². The molecule has 1 fully saturated rings. The predicted molar refractivity (Wildman–Crippen MR) is 28.0 cm³/mol. The Bertz CT molecular complexity index is 43.9. The van der Waals surface area contributed by atoms with Crippen LogP contribution in [-0.4, -0.2) is 5.38 Å². The highest BCUT2D eigenvalue weighted by Gasteiger charge is 2.23. The van der Waals surface area contributed by atoms with E-state index < -0.39 is 0 Å². The monoisotopic (exact) mass is 104 g/mol. The smallest absolute Gasteiger partial charge is 0.0361 e. The second kappa shape index (κ2) is 1.42. The van der Waals surface area contributed by atoms with Crippen molar-refractivity contribution in [3.63, 3.8) is 0 Å². The minimum atomic E-state index is 0.505. The van der Waals surface area contributed by atoms with Gasteiger partial charge >= 0.3 is 0 Å². The zero-order chi connectivity index (χ0) is 4.57. The number of halogens is 1. The fraction of sp³-hybridized carbons (Fsp3) is 1.00. The van der Waals surface area contributed by atoms with Gasteiger partial charge in [-0.1, -0.05) is 6.92 Å². The van der Waals surface area contributed by atoms with Crippen molar-refractivity contribution < 1.29 is 0 Å². The van der Waals surface area contributed by atoms with Gasteiger partial charge in [-0.25, -0.2) is 0 Å². The fourth-order valence-corrected chi connectivity index (χ4v) is 0.878. The molecule has 1 unspecified atom stereocenters. The molecule has 0 heterocycles. The van der Waals surface area contributed by atoms with Gasteiger partial charge in [0.2, 0.25) is 0 Å². The van der Waals surface area contributed by atoms with Crippen molar-refractivity contribution >= 4 is 11.6 Å². The van der Waals surface area contributed by atoms with E-state index in [0.717, 1.165) is 5.92 Å². The van der Waals surface area contributed by atoms with E-state index in [1.165, 1.54) is 12.8 Å². The van der Waals surface area contributed by atoms with Crippen molar-refractivity contribution in [2.75, 3.05) is 0 Å². The summed E-state index contributed by atoms with van der Waals surface area (Å²) in [7, 11) is 0. The zero-order valence-corrected chi connectivity index (χ0v) is 4.70. The van der Waals surface area contributed by atoms with Gasteiger partial charge in [-0.05, 0) is 18.8 Å². The first-order chi connectivity index (χ1) is 2.80. The summed E-state index contributed by atoms with van der Waals surface area (Å²) in [6, 6.07) is 0. The maximum atomic E-state index is 5.70. The second-order valence-corrected chi connectivity index (χ2v) is 2.63. The topological polar surface area (TPSA) is 0 Å². The van der Waals surface area contributed by atoms with E-state index in [1.54, 1.807) is 0 Å². The quantitative estimate of drug-likeness (QED) is 0.413. The van der Waals surface area contributed by atoms with Gasteiger partial charge in [-0.15, -0.1) is 11.6 Å². The average molecular weight is 105 g/mol. The van der Waals surface area contributed by atoms with Gasteiger partial charge in [-0.2, -0.15) is 0 Å². The summed E-state index contributed by atoms with van der Waals surface area (Å²) in [6.07, 6.45) is 2.58. The molecule has 1 rings (SSSR count). The molecule has 1 aliphatic carbocycles. The lowest BCUT2D eigenvalue weighted by Crippen LogP contribution is -2.22. The summed E-state index contributed by atoms with van der Waals surface area (Å²) in [5.41, 5.74) is 0. The highest BCUT2D eigenvalue weighted by molar-refractivity contribution is 6.21. The maximum absolute atomic E-state index is 5.70. The summed E-state index contributed by atoms with van der Waals surface area (Å²) >= 11 is 5.70. The van der Waals surface area contributed by atoms with Crippen molar-refractivity contribution in [2.24, 2.45) is 5.92 Å². The molecule has 0 bridgehead atoms. The van der Waals surface area contributed by atoms with E-state index in [-0.39, 0.29) is 0 Å². The summed E-state index contributed by atoms with van der Waals surface area (Å²) < 4.78 is 0. The van der Waals surface area contributed by atoms with Crippen LogP contribution in [0.3, 0.4) is 0 Å². The Morgan fingerprint density at radius 1 is 1.50 bits per heavy atom. The number of hydrogen-bond donors (Lipinski definition) is 0. The molecular formula is C5H9Cl. The minimum Gasteiger partial charge on any atom is -0.123 e. The van der Waals surface area contributed by atoms with E-state index in [2.05, 4.69) is 6.92 Å². The third-order valence-corrected chi connectivity index (χ3v) is 2.16. The molecule has 36 valence electrons. The van der Waals surface area contributed by atoms with Gasteiger partial charge in [0.05, 0.1) is 0 Å². The predicted octanol–water partition coefficient (Wildman–Crippen LogP) is 2.02. The fourth-order valence-electron chi connectivity index (χ4n) is 0.626. The standard InChI is InChI=1S/C5H9Cl/c1-4-2-3-5(4)6/h4-5H,2-3H2,1H3/t4-,5?/m1/s1. The molecule has 1 heteroatoms. The maximum Gasteiger partial charge on any atom is 0.0361 e. The van der Waals surface area contributed by atoms with Crippen LogP contribution in [0.5, 0.6) is 0 Å².